The van der Waals surface area contributed by atoms with Crippen LogP contribution in [0.15, 0.2) is 6.20 Å². The molecular formula is C14H25N3S. The Labute approximate surface area is 114 Å². The molecular weight excluding hydrogens is 242 g/mol. The van der Waals surface area contributed by atoms with Gasteiger partial charge in [-0.3, -0.25) is 0 Å². The van der Waals surface area contributed by atoms with E-state index < -0.39 is 0 Å². The van der Waals surface area contributed by atoms with Crippen molar-refractivity contribution in [1.82, 2.24) is 15.6 Å². The van der Waals surface area contributed by atoms with Gasteiger partial charge in [-0.2, -0.15) is 0 Å². The quantitative estimate of drug-likeness (QED) is 0.861. The van der Waals surface area contributed by atoms with Gasteiger partial charge < -0.3 is 10.6 Å². The molecule has 1 aliphatic rings. The van der Waals surface area contributed by atoms with Gasteiger partial charge in [0.25, 0.3) is 0 Å². The van der Waals surface area contributed by atoms with E-state index >= 15 is 0 Å². The van der Waals surface area contributed by atoms with Crippen molar-refractivity contribution in [1.29, 1.82) is 0 Å². The second kappa shape index (κ2) is 6.13. The van der Waals surface area contributed by atoms with Crippen LogP contribution < -0.4 is 10.6 Å². The number of aryl methyl sites for hydroxylation is 1. The van der Waals surface area contributed by atoms with Crippen LogP contribution in [0.2, 0.25) is 0 Å². The molecule has 0 saturated carbocycles. The fourth-order valence-corrected chi connectivity index (χ4v) is 3.42. The van der Waals surface area contributed by atoms with Gasteiger partial charge in [0.05, 0.1) is 5.01 Å². The summed E-state index contributed by atoms with van der Waals surface area (Å²) in [7, 11) is 0. The van der Waals surface area contributed by atoms with Crippen LogP contribution in [0, 0.1) is 18.3 Å². The highest BCUT2D eigenvalue weighted by atomic mass is 32.1. The zero-order valence-corrected chi connectivity index (χ0v) is 12.6. The molecule has 2 N–H and O–H groups in total. The van der Waals surface area contributed by atoms with Gasteiger partial charge in [0, 0.05) is 24.2 Å². The lowest BCUT2D eigenvalue weighted by molar-refractivity contribution is 0.166. The van der Waals surface area contributed by atoms with Gasteiger partial charge in [-0.1, -0.05) is 13.8 Å². The fraction of sp³-hybridized carbons (Fsp3) is 0.786. The SMILES string of the molecule is Cc1ncc(CNCC(C)(C)C2CCCNC2)s1. The molecule has 0 spiro atoms. The highest BCUT2D eigenvalue weighted by Crippen LogP contribution is 2.31. The van der Waals surface area contributed by atoms with E-state index in [1.165, 1.54) is 30.8 Å². The van der Waals surface area contributed by atoms with Gasteiger partial charge in [-0.25, -0.2) is 4.98 Å². The number of hydrogen-bond acceptors (Lipinski definition) is 4. The predicted octanol–water partition coefficient (Wildman–Crippen LogP) is 2.57. The first-order valence-electron chi connectivity index (χ1n) is 6.91. The summed E-state index contributed by atoms with van der Waals surface area (Å²) < 4.78 is 0. The normalized spacial score (nSPS) is 21.2. The van der Waals surface area contributed by atoms with Crippen LogP contribution in [0.25, 0.3) is 0 Å². The van der Waals surface area contributed by atoms with E-state index in [1.54, 1.807) is 11.3 Å². The molecule has 18 heavy (non-hydrogen) atoms. The molecule has 3 nitrogen and oxygen atoms in total. The molecule has 2 rings (SSSR count). The minimum absolute atomic E-state index is 0.368. The Morgan fingerprint density at radius 2 is 2.39 bits per heavy atom. The lowest BCUT2D eigenvalue weighted by Crippen LogP contribution is -2.43. The summed E-state index contributed by atoms with van der Waals surface area (Å²) in [5, 5.41) is 8.27. The number of hydrogen-bond donors (Lipinski definition) is 2. The minimum Gasteiger partial charge on any atom is -0.316 e. The van der Waals surface area contributed by atoms with Gasteiger partial charge in [0.15, 0.2) is 0 Å². The Kier molecular flexibility index (Phi) is 4.76. The summed E-state index contributed by atoms with van der Waals surface area (Å²) >= 11 is 1.79. The standard InChI is InChI=1S/C14H25N3S/c1-11-17-9-13(18-11)8-16-10-14(2,3)12-5-4-6-15-7-12/h9,12,15-16H,4-8,10H2,1-3H3. The maximum absolute atomic E-state index is 4.29. The summed E-state index contributed by atoms with van der Waals surface area (Å²) in [5.41, 5.74) is 0.368. The van der Waals surface area contributed by atoms with Crippen molar-refractivity contribution >= 4 is 11.3 Å². The number of nitrogens with zero attached hydrogens (tertiary/aromatic N) is 1. The zero-order valence-electron chi connectivity index (χ0n) is 11.8. The van der Waals surface area contributed by atoms with Crippen molar-refractivity contribution in [3.63, 3.8) is 0 Å². The fourth-order valence-electron chi connectivity index (χ4n) is 2.66. The molecule has 1 fully saturated rings. The Balaban J connectivity index is 1.77. The summed E-state index contributed by atoms with van der Waals surface area (Å²) in [4.78, 5) is 5.63. The van der Waals surface area contributed by atoms with Crippen molar-refractivity contribution in [2.45, 2.75) is 40.2 Å². The molecule has 1 aromatic heterocycles. The van der Waals surface area contributed by atoms with E-state index in [4.69, 9.17) is 0 Å². The monoisotopic (exact) mass is 267 g/mol. The smallest absolute Gasteiger partial charge is 0.0897 e. The average Bonchev–Trinajstić information content (AvgIpc) is 2.76. The first-order chi connectivity index (χ1) is 8.58. The molecule has 0 bridgehead atoms. The number of rotatable bonds is 5. The van der Waals surface area contributed by atoms with Gasteiger partial charge in [-0.05, 0) is 44.2 Å². The highest BCUT2D eigenvalue weighted by Gasteiger charge is 2.30. The van der Waals surface area contributed by atoms with Crippen molar-refractivity contribution in [3.05, 3.63) is 16.1 Å². The zero-order chi connectivity index (χ0) is 13.0. The third-order valence-corrected chi connectivity index (χ3v) is 4.86. The number of piperidine rings is 1. The van der Waals surface area contributed by atoms with Crippen LogP contribution in [0.3, 0.4) is 0 Å². The van der Waals surface area contributed by atoms with Crippen LogP contribution in [0.5, 0.6) is 0 Å². The minimum atomic E-state index is 0.368. The van der Waals surface area contributed by atoms with Crippen molar-refractivity contribution in [2.24, 2.45) is 11.3 Å². The Hall–Kier alpha value is -0.450. The number of aromatic nitrogens is 1. The molecule has 4 heteroatoms. The number of thiazole rings is 1. The van der Waals surface area contributed by atoms with Crippen LogP contribution in [-0.4, -0.2) is 24.6 Å². The maximum atomic E-state index is 4.29. The molecule has 102 valence electrons. The van der Waals surface area contributed by atoms with E-state index in [-0.39, 0.29) is 0 Å². The first kappa shape index (κ1) is 14.0. The van der Waals surface area contributed by atoms with E-state index in [2.05, 4.69) is 36.4 Å². The second-order valence-corrected chi connectivity index (χ2v) is 7.30. The topological polar surface area (TPSA) is 37.0 Å². The molecule has 1 aliphatic heterocycles. The number of nitrogens with one attached hydrogen (secondary N) is 2. The van der Waals surface area contributed by atoms with Crippen molar-refractivity contribution < 1.29 is 0 Å². The molecule has 2 heterocycles. The molecule has 1 atom stereocenters. The van der Waals surface area contributed by atoms with Crippen LogP contribution >= 0.6 is 11.3 Å². The Bertz CT molecular complexity index is 367. The lowest BCUT2D eigenvalue weighted by atomic mass is 9.75. The summed E-state index contributed by atoms with van der Waals surface area (Å²) in [5.74, 6) is 0.793. The molecule has 0 aromatic carbocycles. The third-order valence-electron chi connectivity index (χ3n) is 3.95. The molecule has 0 aliphatic carbocycles. The second-order valence-electron chi connectivity index (χ2n) is 5.98. The Morgan fingerprint density at radius 1 is 1.56 bits per heavy atom. The average molecular weight is 267 g/mol. The van der Waals surface area contributed by atoms with E-state index in [1.807, 2.05) is 6.20 Å². The van der Waals surface area contributed by atoms with Crippen LogP contribution in [0.4, 0.5) is 0 Å². The molecule has 1 saturated heterocycles. The predicted molar refractivity (Wildman–Crippen MR) is 77.9 cm³/mol. The van der Waals surface area contributed by atoms with Gasteiger partial charge >= 0.3 is 0 Å². The summed E-state index contributed by atoms with van der Waals surface area (Å²) in [6, 6.07) is 0. The summed E-state index contributed by atoms with van der Waals surface area (Å²) in [6.45, 7) is 11.2. The van der Waals surface area contributed by atoms with Crippen LogP contribution in [-0.2, 0) is 6.54 Å². The van der Waals surface area contributed by atoms with Gasteiger partial charge in [0.2, 0.25) is 0 Å². The molecule has 1 aromatic rings. The maximum Gasteiger partial charge on any atom is 0.0897 e. The highest BCUT2D eigenvalue weighted by molar-refractivity contribution is 7.11. The van der Waals surface area contributed by atoms with Gasteiger partial charge in [-0.15, -0.1) is 11.3 Å². The molecule has 1 unspecified atom stereocenters. The van der Waals surface area contributed by atoms with E-state index in [0.717, 1.165) is 24.0 Å². The van der Waals surface area contributed by atoms with Crippen molar-refractivity contribution in [3.8, 4) is 0 Å². The summed E-state index contributed by atoms with van der Waals surface area (Å²) in [6.07, 6.45) is 4.67. The Morgan fingerprint density at radius 3 is 3.00 bits per heavy atom. The molecule has 0 radical (unpaired) electrons. The van der Waals surface area contributed by atoms with Gasteiger partial charge in [0.1, 0.15) is 0 Å². The van der Waals surface area contributed by atoms with Crippen molar-refractivity contribution in [2.75, 3.05) is 19.6 Å². The first-order valence-corrected chi connectivity index (χ1v) is 7.72. The largest absolute Gasteiger partial charge is 0.316 e. The van der Waals surface area contributed by atoms with E-state index in [0.29, 0.717) is 5.41 Å². The molecule has 0 amide bonds. The van der Waals surface area contributed by atoms with Crippen LogP contribution in [0.1, 0.15) is 36.6 Å². The lowest BCUT2D eigenvalue weighted by Gasteiger charge is -2.37. The van der Waals surface area contributed by atoms with E-state index in [9.17, 15) is 0 Å². The third kappa shape index (κ3) is 3.77.